The van der Waals surface area contributed by atoms with Crippen molar-refractivity contribution in [3.8, 4) is 0 Å². The number of benzene rings is 4. The van der Waals surface area contributed by atoms with Gasteiger partial charge in [0.1, 0.15) is 23.6 Å². The smallest absolute Gasteiger partial charge is 0.123 e. The molecule has 0 heterocycles. The second kappa shape index (κ2) is 10.4. The lowest BCUT2D eigenvalue weighted by Crippen LogP contribution is -2.16. The third-order valence-electron chi connectivity index (χ3n) is 5.15. The molecule has 2 N–H and O–H groups in total. The van der Waals surface area contributed by atoms with Crippen molar-refractivity contribution in [2.24, 2.45) is 10.2 Å². The van der Waals surface area contributed by atoms with Crippen LogP contribution in [-0.4, -0.2) is 21.6 Å². The Labute approximate surface area is 187 Å². The SMILES string of the molecule is O[C@H](/C(=N/N=C(\c1ccccc1)[C@H](O)c1ccccc1)c1ccccc1)c1ccccc1. The van der Waals surface area contributed by atoms with Crippen LogP contribution >= 0.6 is 0 Å². The summed E-state index contributed by atoms with van der Waals surface area (Å²) in [7, 11) is 0. The van der Waals surface area contributed by atoms with E-state index >= 15 is 0 Å². The Morgan fingerprint density at radius 3 is 1.03 bits per heavy atom. The summed E-state index contributed by atoms with van der Waals surface area (Å²) in [4.78, 5) is 0. The molecule has 0 saturated heterocycles. The van der Waals surface area contributed by atoms with Gasteiger partial charge >= 0.3 is 0 Å². The van der Waals surface area contributed by atoms with Gasteiger partial charge in [-0.15, -0.1) is 0 Å². The van der Waals surface area contributed by atoms with Crippen LogP contribution in [-0.2, 0) is 0 Å². The predicted molar refractivity (Wildman–Crippen MR) is 129 cm³/mol. The molecule has 32 heavy (non-hydrogen) atoms. The third kappa shape index (κ3) is 5.06. The van der Waals surface area contributed by atoms with E-state index in [0.29, 0.717) is 11.4 Å². The van der Waals surface area contributed by atoms with Gasteiger partial charge in [0.2, 0.25) is 0 Å². The molecule has 0 aliphatic rings. The van der Waals surface area contributed by atoms with E-state index in [1.165, 1.54) is 0 Å². The van der Waals surface area contributed by atoms with Crippen molar-refractivity contribution in [1.29, 1.82) is 0 Å². The molecular weight excluding hydrogens is 396 g/mol. The van der Waals surface area contributed by atoms with Gasteiger partial charge in [-0.25, -0.2) is 0 Å². The van der Waals surface area contributed by atoms with E-state index in [1.54, 1.807) is 0 Å². The zero-order valence-corrected chi connectivity index (χ0v) is 17.5. The lowest BCUT2D eigenvalue weighted by molar-refractivity contribution is 0.245. The van der Waals surface area contributed by atoms with Gasteiger partial charge < -0.3 is 10.2 Å². The van der Waals surface area contributed by atoms with E-state index < -0.39 is 12.2 Å². The maximum Gasteiger partial charge on any atom is 0.123 e. The third-order valence-corrected chi connectivity index (χ3v) is 5.15. The highest BCUT2D eigenvalue weighted by molar-refractivity contribution is 6.07. The first-order valence-corrected chi connectivity index (χ1v) is 10.5. The minimum atomic E-state index is -0.965. The van der Waals surface area contributed by atoms with Crippen molar-refractivity contribution < 1.29 is 10.2 Å². The Morgan fingerprint density at radius 1 is 0.438 bits per heavy atom. The van der Waals surface area contributed by atoms with Crippen molar-refractivity contribution in [2.75, 3.05) is 0 Å². The first-order chi connectivity index (χ1) is 15.7. The molecule has 4 nitrogen and oxygen atoms in total. The van der Waals surface area contributed by atoms with Gasteiger partial charge in [0.15, 0.2) is 0 Å². The first kappa shape index (κ1) is 21.4. The first-order valence-electron chi connectivity index (χ1n) is 10.5. The number of aliphatic hydroxyl groups is 2. The fraction of sp³-hybridized carbons (Fsp3) is 0.0714. The van der Waals surface area contributed by atoms with Gasteiger partial charge in [-0.05, 0) is 11.1 Å². The standard InChI is InChI=1S/C28H24N2O2/c31-27(23-17-9-3-10-18-23)25(21-13-5-1-6-14-21)29-30-26(22-15-7-2-8-16-22)28(32)24-19-11-4-12-20-24/h1-20,27-28,31-32H/b29-25+,30-26+/t27-,28+. The fourth-order valence-electron chi connectivity index (χ4n) is 3.45. The van der Waals surface area contributed by atoms with Crippen LogP contribution in [0.3, 0.4) is 0 Å². The zero-order valence-electron chi connectivity index (χ0n) is 17.5. The molecule has 0 bridgehead atoms. The van der Waals surface area contributed by atoms with E-state index in [9.17, 15) is 10.2 Å². The normalized spacial score (nSPS) is 14.1. The summed E-state index contributed by atoms with van der Waals surface area (Å²) in [5.74, 6) is 0. The summed E-state index contributed by atoms with van der Waals surface area (Å²) in [5, 5.41) is 31.2. The highest BCUT2D eigenvalue weighted by atomic mass is 16.3. The molecule has 0 amide bonds. The monoisotopic (exact) mass is 420 g/mol. The van der Waals surface area contributed by atoms with Crippen molar-refractivity contribution >= 4 is 11.4 Å². The highest BCUT2D eigenvalue weighted by Crippen LogP contribution is 2.22. The topological polar surface area (TPSA) is 65.2 Å². The van der Waals surface area contributed by atoms with Crippen LogP contribution in [0.5, 0.6) is 0 Å². The molecule has 0 radical (unpaired) electrons. The Kier molecular flexibility index (Phi) is 6.98. The maximum atomic E-state index is 11.1. The Bertz CT molecular complexity index is 1080. The highest BCUT2D eigenvalue weighted by Gasteiger charge is 2.20. The van der Waals surface area contributed by atoms with Crippen LogP contribution in [0, 0.1) is 0 Å². The van der Waals surface area contributed by atoms with Crippen LogP contribution in [0.2, 0.25) is 0 Å². The van der Waals surface area contributed by atoms with Gasteiger partial charge in [-0.1, -0.05) is 121 Å². The average Bonchev–Trinajstić information content (AvgIpc) is 2.88. The van der Waals surface area contributed by atoms with Gasteiger partial charge in [-0.3, -0.25) is 0 Å². The van der Waals surface area contributed by atoms with Crippen LogP contribution in [0.15, 0.2) is 132 Å². The van der Waals surface area contributed by atoms with Crippen LogP contribution in [0.4, 0.5) is 0 Å². The van der Waals surface area contributed by atoms with Crippen LogP contribution < -0.4 is 0 Å². The molecule has 0 spiro atoms. The van der Waals surface area contributed by atoms with E-state index in [4.69, 9.17) is 0 Å². The van der Waals surface area contributed by atoms with Crippen molar-refractivity contribution in [2.45, 2.75) is 12.2 Å². The molecule has 0 fully saturated rings. The second-order valence-electron chi connectivity index (χ2n) is 7.33. The van der Waals surface area contributed by atoms with Gasteiger partial charge in [0, 0.05) is 11.1 Å². The Morgan fingerprint density at radius 2 is 0.719 bits per heavy atom. The van der Waals surface area contributed by atoms with Crippen molar-refractivity contribution in [1.82, 2.24) is 0 Å². The second-order valence-corrected chi connectivity index (χ2v) is 7.33. The fourth-order valence-corrected chi connectivity index (χ4v) is 3.45. The molecule has 2 atom stereocenters. The molecule has 0 saturated carbocycles. The van der Waals surface area contributed by atoms with Crippen LogP contribution in [0.25, 0.3) is 0 Å². The summed E-state index contributed by atoms with van der Waals surface area (Å²) in [6.45, 7) is 0. The summed E-state index contributed by atoms with van der Waals surface area (Å²) in [5.41, 5.74) is 3.77. The Balaban J connectivity index is 1.82. The molecular formula is C28H24N2O2. The van der Waals surface area contributed by atoms with E-state index in [2.05, 4.69) is 10.2 Å². The zero-order chi connectivity index (χ0) is 22.2. The summed E-state index contributed by atoms with van der Waals surface area (Å²) in [6, 6.07) is 37.6. The quantitative estimate of drug-likeness (QED) is 0.313. The number of aliphatic hydroxyl groups excluding tert-OH is 2. The molecule has 4 aromatic rings. The van der Waals surface area contributed by atoms with Gasteiger partial charge in [0.05, 0.1) is 0 Å². The molecule has 0 unspecified atom stereocenters. The van der Waals surface area contributed by atoms with Gasteiger partial charge in [0.25, 0.3) is 0 Å². The summed E-state index contributed by atoms with van der Waals surface area (Å²) >= 11 is 0. The number of rotatable bonds is 7. The minimum absolute atomic E-state index is 0.408. The molecule has 0 aliphatic carbocycles. The molecule has 4 aromatic carbocycles. The lowest BCUT2D eigenvalue weighted by atomic mass is 9.99. The van der Waals surface area contributed by atoms with Gasteiger partial charge in [-0.2, -0.15) is 10.2 Å². The molecule has 0 aromatic heterocycles. The molecule has 0 aliphatic heterocycles. The summed E-state index contributed by atoms with van der Waals surface area (Å²) < 4.78 is 0. The summed E-state index contributed by atoms with van der Waals surface area (Å²) in [6.07, 6.45) is -1.93. The lowest BCUT2D eigenvalue weighted by Gasteiger charge is -2.16. The molecule has 4 heteroatoms. The van der Waals surface area contributed by atoms with E-state index in [1.807, 2.05) is 121 Å². The number of nitrogens with zero attached hydrogens (tertiary/aromatic N) is 2. The van der Waals surface area contributed by atoms with Crippen molar-refractivity contribution in [3.63, 3.8) is 0 Å². The Hall–Kier alpha value is -3.86. The molecule has 4 rings (SSSR count). The predicted octanol–water partition coefficient (Wildman–Crippen LogP) is 5.35. The average molecular weight is 421 g/mol. The molecule has 158 valence electrons. The number of hydrogen-bond acceptors (Lipinski definition) is 4. The van der Waals surface area contributed by atoms with E-state index in [0.717, 1.165) is 22.3 Å². The van der Waals surface area contributed by atoms with Crippen molar-refractivity contribution in [3.05, 3.63) is 144 Å². The largest absolute Gasteiger partial charge is 0.382 e. The maximum absolute atomic E-state index is 11.1. The van der Waals surface area contributed by atoms with Crippen LogP contribution in [0.1, 0.15) is 34.5 Å². The van der Waals surface area contributed by atoms with E-state index in [-0.39, 0.29) is 0 Å². The minimum Gasteiger partial charge on any atom is -0.382 e. The number of hydrogen-bond donors (Lipinski definition) is 2.